The number of benzene rings is 3. The molecule has 3 aromatic carbocycles. The Balaban J connectivity index is 1.40. The summed E-state index contributed by atoms with van der Waals surface area (Å²) in [5.74, 6) is 1.48. The van der Waals surface area contributed by atoms with Crippen molar-refractivity contribution in [3.8, 4) is 28.7 Å². The van der Waals surface area contributed by atoms with Crippen LogP contribution in [0.1, 0.15) is 59.8 Å². The smallest absolute Gasteiger partial charge is 0.128 e. The van der Waals surface area contributed by atoms with E-state index in [0.29, 0.717) is 24.4 Å². The summed E-state index contributed by atoms with van der Waals surface area (Å²) in [6, 6.07) is 25.0. The summed E-state index contributed by atoms with van der Waals surface area (Å²) in [4.78, 5) is 4.15. The quantitative estimate of drug-likeness (QED) is 0.244. The van der Waals surface area contributed by atoms with Gasteiger partial charge < -0.3 is 19.9 Å². The molecule has 4 aromatic rings. The Morgan fingerprint density at radius 1 is 1.05 bits per heavy atom. The van der Waals surface area contributed by atoms with Crippen molar-refractivity contribution in [3.63, 3.8) is 0 Å². The van der Waals surface area contributed by atoms with E-state index in [9.17, 15) is 10.4 Å². The molecule has 40 heavy (non-hydrogen) atoms. The lowest BCUT2D eigenvalue weighted by Crippen LogP contribution is -2.34. The number of nitrogens with zero attached hydrogens (tertiary/aromatic N) is 2. The number of rotatable bonds is 10. The standard InChI is InChI=1S/C34H35N3O3/c1-23-14-27(20-37-22-34(2,3)38)33(39-21-25-15-24(17-35)18-36-19-25)16-32(23)40-31-13-12-29-28(10-7-11-30(29)31)26-8-5-4-6-9-26/h4-11,14-16,18-19,31,37-38H,12-13,20-22H2,1-3H3/t31-/m0/s1. The minimum Gasteiger partial charge on any atom is -0.488 e. The number of aryl methyl sites for hydroxylation is 1. The number of nitriles is 1. The molecule has 0 amide bonds. The SMILES string of the molecule is Cc1cc(CNCC(C)(C)O)c(OCc2cncc(C#N)c2)cc1O[C@H]1CCc2c(-c3ccccc3)cccc21. The Kier molecular flexibility index (Phi) is 8.16. The normalized spacial score (nSPS) is 14.4. The van der Waals surface area contributed by atoms with Gasteiger partial charge in [-0.3, -0.25) is 4.98 Å². The third-order valence-corrected chi connectivity index (χ3v) is 7.12. The maximum atomic E-state index is 10.1. The van der Waals surface area contributed by atoms with Gasteiger partial charge >= 0.3 is 0 Å². The predicted molar refractivity (Wildman–Crippen MR) is 156 cm³/mol. The zero-order valence-electron chi connectivity index (χ0n) is 23.3. The Bertz CT molecular complexity index is 1520. The number of hydrogen-bond donors (Lipinski definition) is 2. The molecular formula is C34H35N3O3. The minimum absolute atomic E-state index is 0.0408. The third-order valence-electron chi connectivity index (χ3n) is 7.12. The van der Waals surface area contributed by atoms with Crippen LogP contribution in [0.5, 0.6) is 11.5 Å². The highest BCUT2D eigenvalue weighted by atomic mass is 16.5. The molecule has 5 rings (SSSR count). The van der Waals surface area contributed by atoms with E-state index < -0.39 is 5.60 Å². The van der Waals surface area contributed by atoms with Gasteiger partial charge in [0.1, 0.15) is 30.3 Å². The van der Waals surface area contributed by atoms with E-state index in [-0.39, 0.29) is 12.7 Å². The molecule has 2 N–H and O–H groups in total. The number of nitrogens with one attached hydrogen (secondary N) is 1. The second kappa shape index (κ2) is 11.9. The lowest BCUT2D eigenvalue weighted by atomic mass is 9.97. The second-order valence-corrected chi connectivity index (χ2v) is 11.0. The van der Waals surface area contributed by atoms with E-state index in [4.69, 9.17) is 9.47 Å². The highest BCUT2D eigenvalue weighted by Gasteiger charge is 2.27. The molecule has 0 radical (unpaired) electrons. The molecule has 0 bridgehead atoms. The first kappa shape index (κ1) is 27.4. The van der Waals surface area contributed by atoms with Crippen LogP contribution in [0.3, 0.4) is 0 Å². The summed E-state index contributed by atoms with van der Waals surface area (Å²) in [6.07, 6.45) is 5.08. The topological polar surface area (TPSA) is 87.4 Å². The van der Waals surface area contributed by atoms with E-state index in [2.05, 4.69) is 71.8 Å². The number of fused-ring (bicyclic) bond motifs is 1. The first-order chi connectivity index (χ1) is 19.3. The van der Waals surface area contributed by atoms with E-state index in [1.807, 2.05) is 12.1 Å². The zero-order valence-corrected chi connectivity index (χ0v) is 23.3. The number of pyridine rings is 1. The average Bonchev–Trinajstić information content (AvgIpc) is 3.36. The summed E-state index contributed by atoms with van der Waals surface area (Å²) in [6.45, 7) is 6.85. The van der Waals surface area contributed by atoms with Crippen LogP contribution in [0.15, 0.2) is 79.1 Å². The summed E-state index contributed by atoms with van der Waals surface area (Å²) in [5, 5.41) is 22.7. The Hall–Kier alpha value is -4.18. The van der Waals surface area contributed by atoms with Gasteiger partial charge in [0.15, 0.2) is 0 Å². The summed E-state index contributed by atoms with van der Waals surface area (Å²) < 4.78 is 13.0. The van der Waals surface area contributed by atoms with E-state index in [0.717, 1.165) is 35.3 Å². The van der Waals surface area contributed by atoms with Crippen molar-refractivity contribution in [3.05, 3.63) is 113 Å². The van der Waals surface area contributed by atoms with Crippen LogP contribution in [0.2, 0.25) is 0 Å². The molecule has 0 saturated heterocycles. The summed E-state index contributed by atoms with van der Waals surface area (Å²) >= 11 is 0. The highest BCUT2D eigenvalue weighted by molar-refractivity contribution is 5.70. The fourth-order valence-corrected chi connectivity index (χ4v) is 5.20. The van der Waals surface area contributed by atoms with Crippen LogP contribution in [-0.2, 0) is 19.6 Å². The minimum atomic E-state index is -0.822. The third kappa shape index (κ3) is 6.51. The van der Waals surface area contributed by atoms with Crippen molar-refractivity contribution < 1.29 is 14.6 Å². The van der Waals surface area contributed by atoms with Gasteiger partial charge in [-0.15, -0.1) is 0 Å². The van der Waals surface area contributed by atoms with Gasteiger partial charge in [0, 0.05) is 42.7 Å². The fraction of sp³-hybridized carbons (Fsp3) is 0.294. The van der Waals surface area contributed by atoms with Crippen LogP contribution in [-0.4, -0.2) is 22.2 Å². The number of hydrogen-bond acceptors (Lipinski definition) is 6. The largest absolute Gasteiger partial charge is 0.488 e. The molecule has 1 aromatic heterocycles. The van der Waals surface area contributed by atoms with Crippen molar-refractivity contribution in [2.24, 2.45) is 0 Å². The summed E-state index contributed by atoms with van der Waals surface area (Å²) in [7, 11) is 0. The molecular weight excluding hydrogens is 498 g/mol. The van der Waals surface area contributed by atoms with Crippen LogP contribution in [0, 0.1) is 18.3 Å². The molecule has 0 spiro atoms. The monoisotopic (exact) mass is 533 g/mol. The maximum absolute atomic E-state index is 10.1. The van der Waals surface area contributed by atoms with Crippen molar-refractivity contribution in [1.29, 1.82) is 5.26 Å². The van der Waals surface area contributed by atoms with Crippen LogP contribution >= 0.6 is 0 Å². The van der Waals surface area contributed by atoms with Crippen LogP contribution < -0.4 is 14.8 Å². The lowest BCUT2D eigenvalue weighted by molar-refractivity contribution is 0.0794. The van der Waals surface area contributed by atoms with E-state index >= 15 is 0 Å². The van der Waals surface area contributed by atoms with Crippen molar-refractivity contribution in [1.82, 2.24) is 10.3 Å². The average molecular weight is 534 g/mol. The van der Waals surface area contributed by atoms with Crippen molar-refractivity contribution in [2.45, 2.75) is 58.5 Å². The van der Waals surface area contributed by atoms with Gasteiger partial charge in [0.05, 0.1) is 11.2 Å². The first-order valence-electron chi connectivity index (χ1n) is 13.7. The van der Waals surface area contributed by atoms with Crippen LogP contribution in [0.4, 0.5) is 0 Å². The first-order valence-corrected chi connectivity index (χ1v) is 13.7. The molecule has 0 fully saturated rings. The molecule has 6 heteroatoms. The van der Waals surface area contributed by atoms with E-state index in [1.165, 1.54) is 28.5 Å². The highest BCUT2D eigenvalue weighted by Crippen LogP contribution is 2.41. The maximum Gasteiger partial charge on any atom is 0.128 e. The number of aliphatic hydroxyl groups is 1. The molecule has 6 nitrogen and oxygen atoms in total. The van der Waals surface area contributed by atoms with Crippen LogP contribution in [0.25, 0.3) is 11.1 Å². The molecule has 0 unspecified atom stereocenters. The Morgan fingerprint density at radius 2 is 1.88 bits per heavy atom. The van der Waals surface area contributed by atoms with Gasteiger partial charge in [0.2, 0.25) is 0 Å². The number of ether oxygens (including phenoxy) is 2. The van der Waals surface area contributed by atoms with Gasteiger partial charge in [-0.05, 0) is 73.6 Å². The lowest BCUT2D eigenvalue weighted by Gasteiger charge is -2.22. The fourth-order valence-electron chi connectivity index (χ4n) is 5.20. The molecule has 0 aliphatic heterocycles. The molecule has 1 aliphatic rings. The Morgan fingerprint density at radius 3 is 2.65 bits per heavy atom. The zero-order chi connectivity index (χ0) is 28.1. The number of aromatic nitrogens is 1. The van der Waals surface area contributed by atoms with Gasteiger partial charge in [-0.1, -0.05) is 48.5 Å². The van der Waals surface area contributed by atoms with Gasteiger partial charge in [-0.25, -0.2) is 0 Å². The second-order valence-electron chi connectivity index (χ2n) is 11.0. The van der Waals surface area contributed by atoms with E-state index in [1.54, 1.807) is 26.1 Å². The van der Waals surface area contributed by atoms with Crippen molar-refractivity contribution >= 4 is 0 Å². The Labute approximate surface area is 236 Å². The molecule has 0 saturated carbocycles. The molecule has 1 atom stereocenters. The molecule has 204 valence electrons. The summed E-state index contributed by atoms with van der Waals surface area (Å²) in [5.41, 5.74) is 7.56. The predicted octanol–water partition coefficient (Wildman–Crippen LogP) is 6.43. The van der Waals surface area contributed by atoms with Gasteiger partial charge in [0.25, 0.3) is 0 Å². The molecule has 1 heterocycles. The van der Waals surface area contributed by atoms with Crippen molar-refractivity contribution in [2.75, 3.05) is 6.54 Å². The van der Waals surface area contributed by atoms with Gasteiger partial charge in [-0.2, -0.15) is 5.26 Å². The molecule has 1 aliphatic carbocycles.